The highest BCUT2D eigenvalue weighted by molar-refractivity contribution is 6.32. The molecule has 2 aromatic carbocycles. The number of nitrogens with one attached hydrogen (secondary N) is 2. The van der Waals surface area contributed by atoms with Crippen molar-refractivity contribution in [3.63, 3.8) is 0 Å². The third-order valence-electron chi connectivity index (χ3n) is 5.61. The van der Waals surface area contributed by atoms with Gasteiger partial charge in [0.1, 0.15) is 0 Å². The quantitative estimate of drug-likeness (QED) is 0.761. The van der Waals surface area contributed by atoms with E-state index >= 15 is 0 Å². The molecule has 2 aliphatic rings. The molecule has 4 nitrogen and oxygen atoms in total. The molecule has 2 aromatic rings. The van der Waals surface area contributed by atoms with Crippen molar-refractivity contribution >= 4 is 28.5 Å². The molecule has 2 aliphatic heterocycles. The van der Waals surface area contributed by atoms with Crippen LogP contribution in [-0.4, -0.2) is 19.0 Å². The molecule has 0 radical (unpaired) electrons. The second kappa shape index (κ2) is 7.10. The Kier molecular flexibility index (Phi) is 4.65. The molecule has 4 heteroatoms. The number of carbonyl (C=O) groups is 1. The molecule has 0 aliphatic carbocycles. The fourth-order valence-corrected chi connectivity index (χ4v) is 4.23. The summed E-state index contributed by atoms with van der Waals surface area (Å²) in [5.74, 6) is 0.701. The molecule has 1 atom stereocenters. The third-order valence-corrected chi connectivity index (χ3v) is 5.61. The van der Waals surface area contributed by atoms with Crippen molar-refractivity contribution in [3.8, 4) is 0 Å². The number of hydrogen-bond acceptors (Lipinski definition) is 3. The van der Waals surface area contributed by atoms with E-state index in [1.165, 1.54) is 24.1 Å². The van der Waals surface area contributed by atoms with Gasteiger partial charge in [-0.1, -0.05) is 19.1 Å². The van der Waals surface area contributed by atoms with Gasteiger partial charge in [0, 0.05) is 41.9 Å². The first kappa shape index (κ1) is 17.7. The number of piperidine rings is 1. The zero-order valence-corrected chi connectivity index (χ0v) is 16.3. The molecule has 2 heterocycles. The lowest BCUT2D eigenvalue weighted by Crippen LogP contribution is -2.34. The first-order valence-corrected chi connectivity index (χ1v) is 9.76. The zero-order chi connectivity index (χ0) is 19.0. The monoisotopic (exact) mass is 361 g/mol. The van der Waals surface area contributed by atoms with Crippen molar-refractivity contribution in [3.05, 3.63) is 59.3 Å². The van der Waals surface area contributed by atoms with Gasteiger partial charge in [0.25, 0.3) is 5.91 Å². The molecule has 0 spiro atoms. The van der Waals surface area contributed by atoms with Gasteiger partial charge in [0.05, 0.1) is 5.57 Å². The predicted octanol–water partition coefficient (Wildman–Crippen LogP) is 4.94. The van der Waals surface area contributed by atoms with Crippen LogP contribution in [-0.2, 0) is 4.79 Å². The molecule has 4 rings (SSSR count). The molecular formula is C23H27N3O. The van der Waals surface area contributed by atoms with E-state index in [-0.39, 0.29) is 5.91 Å². The van der Waals surface area contributed by atoms with Crippen LogP contribution in [0.2, 0.25) is 0 Å². The van der Waals surface area contributed by atoms with E-state index in [9.17, 15) is 4.79 Å². The Bertz CT molecular complexity index is 916. The number of anilines is 3. The van der Waals surface area contributed by atoms with Crippen LogP contribution in [0.25, 0.3) is 5.57 Å². The number of hydrogen-bond donors (Lipinski definition) is 2. The van der Waals surface area contributed by atoms with E-state index in [0.29, 0.717) is 5.57 Å². The fourth-order valence-electron chi connectivity index (χ4n) is 4.23. The first-order chi connectivity index (χ1) is 13.0. The van der Waals surface area contributed by atoms with Crippen LogP contribution in [0.5, 0.6) is 0 Å². The Morgan fingerprint density at radius 3 is 2.81 bits per heavy atom. The third kappa shape index (κ3) is 3.44. The minimum Gasteiger partial charge on any atom is -0.371 e. The molecule has 140 valence electrons. The van der Waals surface area contributed by atoms with Crippen molar-refractivity contribution in [1.82, 2.24) is 0 Å². The standard InChI is InChI=1S/C23H27N3O/c1-15-6-5-11-26(14-15)21-10-9-18(12-17(21)3)24-13-19-22-16(2)7-4-8-20(22)25-23(19)27/h4,7-10,12-13,15,24H,5-6,11,14H2,1-3H3,(H,25,27). The van der Waals surface area contributed by atoms with E-state index in [1.807, 2.05) is 31.3 Å². The van der Waals surface area contributed by atoms with Crippen molar-refractivity contribution in [2.24, 2.45) is 5.92 Å². The van der Waals surface area contributed by atoms with Gasteiger partial charge in [-0.2, -0.15) is 0 Å². The van der Waals surface area contributed by atoms with Crippen molar-refractivity contribution in [2.45, 2.75) is 33.6 Å². The number of carbonyl (C=O) groups excluding carboxylic acids is 1. The maximum Gasteiger partial charge on any atom is 0.257 e. The average Bonchev–Trinajstić information content (AvgIpc) is 2.96. The molecule has 0 aromatic heterocycles. The maximum absolute atomic E-state index is 12.3. The number of benzene rings is 2. The van der Waals surface area contributed by atoms with Crippen molar-refractivity contribution in [1.29, 1.82) is 0 Å². The van der Waals surface area contributed by atoms with E-state index < -0.39 is 0 Å². The van der Waals surface area contributed by atoms with Gasteiger partial charge in [-0.05, 0) is 68.0 Å². The van der Waals surface area contributed by atoms with Crippen LogP contribution < -0.4 is 15.5 Å². The van der Waals surface area contributed by atoms with Crippen LogP contribution in [0.15, 0.2) is 42.6 Å². The van der Waals surface area contributed by atoms with Crippen LogP contribution in [0, 0.1) is 19.8 Å². The SMILES string of the molecule is Cc1cc(NC=C2C(=O)Nc3cccc(C)c32)ccc1N1CCCC(C)C1. The normalized spacial score (nSPS) is 20.6. The Labute approximate surface area is 161 Å². The molecule has 1 saturated heterocycles. The second-order valence-electron chi connectivity index (χ2n) is 7.85. The van der Waals surface area contributed by atoms with E-state index in [4.69, 9.17) is 0 Å². The summed E-state index contributed by atoms with van der Waals surface area (Å²) in [6, 6.07) is 12.4. The highest BCUT2D eigenvalue weighted by atomic mass is 16.2. The molecule has 27 heavy (non-hydrogen) atoms. The van der Waals surface area contributed by atoms with Crippen molar-refractivity contribution < 1.29 is 4.79 Å². The summed E-state index contributed by atoms with van der Waals surface area (Å²) in [4.78, 5) is 14.8. The Balaban J connectivity index is 1.55. The van der Waals surface area contributed by atoms with Gasteiger partial charge in [-0.25, -0.2) is 0 Å². The van der Waals surface area contributed by atoms with Gasteiger partial charge in [0.2, 0.25) is 0 Å². The smallest absolute Gasteiger partial charge is 0.257 e. The van der Waals surface area contributed by atoms with E-state index in [0.717, 1.165) is 41.5 Å². The Morgan fingerprint density at radius 1 is 1.19 bits per heavy atom. The lowest BCUT2D eigenvalue weighted by molar-refractivity contribution is -0.110. The van der Waals surface area contributed by atoms with Gasteiger partial charge in [-0.3, -0.25) is 4.79 Å². The highest BCUT2D eigenvalue weighted by Crippen LogP contribution is 2.34. The Morgan fingerprint density at radius 2 is 2.04 bits per heavy atom. The number of nitrogens with zero attached hydrogens (tertiary/aromatic N) is 1. The summed E-state index contributed by atoms with van der Waals surface area (Å²) in [5.41, 5.74) is 7.26. The largest absolute Gasteiger partial charge is 0.371 e. The molecule has 1 unspecified atom stereocenters. The first-order valence-electron chi connectivity index (χ1n) is 9.76. The summed E-state index contributed by atoms with van der Waals surface area (Å²) < 4.78 is 0. The summed E-state index contributed by atoms with van der Waals surface area (Å²) in [5, 5.41) is 6.26. The number of aryl methyl sites for hydroxylation is 2. The van der Waals surface area contributed by atoms with Gasteiger partial charge >= 0.3 is 0 Å². The number of amides is 1. The fraction of sp³-hybridized carbons (Fsp3) is 0.348. The van der Waals surface area contributed by atoms with Gasteiger partial charge < -0.3 is 15.5 Å². The molecule has 1 amide bonds. The highest BCUT2D eigenvalue weighted by Gasteiger charge is 2.25. The van der Waals surface area contributed by atoms with E-state index in [1.54, 1.807) is 0 Å². The predicted molar refractivity (Wildman–Crippen MR) is 113 cm³/mol. The van der Waals surface area contributed by atoms with Crippen LogP contribution in [0.1, 0.15) is 36.5 Å². The van der Waals surface area contributed by atoms with Crippen molar-refractivity contribution in [2.75, 3.05) is 28.6 Å². The lowest BCUT2D eigenvalue weighted by atomic mass is 9.99. The van der Waals surface area contributed by atoms with Gasteiger partial charge in [0.15, 0.2) is 0 Å². The van der Waals surface area contributed by atoms with Crippen LogP contribution >= 0.6 is 0 Å². The molecular weight excluding hydrogens is 334 g/mol. The van der Waals surface area contributed by atoms with Crippen LogP contribution in [0.3, 0.4) is 0 Å². The Hall–Kier alpha value is -2.75. The lowest BCUT2D eigenvalue weighted by Gasteiger charge is -2.34. The minimum absolute atomic E-state index is 0.0533. The summed E-state index contributed by atoms with van der Waals surface area (Å²) in [6.45, 7) is 8.79. The molecule has 2 N–H and O–H groups in total. The summed E-state index contributed by atoms with van der Waals surface area (Å²) in [6.07, 6.45) is 4.41. The molecule has 0 bridgehead atoms. The maximum atomic E-state index is 12.3. The molecule has 1 fully saturated rings. The summed E-state index contributed by atoms with van der Waals surface area (Å²) in [7, 11) is 0. The summed E-state index contributed by atoms with van der Waals surface area (Å²) >= 11 is 0. The van der Waals surface area contributed by atoms with E-state index in [2.05, 4.69) is 47.6 Å². The zero-order valence-electron chi connectivity index (χ0n) is 16.3. The second-order valence-corrected chi connectivity index (χ2v) is 7.85. The minimum atomic E-state index is -0.0533. The molecule has 0 saturated carbocycles. The van der Waals surface area contributed by atoms with Gasteiger partial charge in [-0.15, -0.1) is 0 Å². The van der Waals surface area contributed by atoms with Crippen LogP contribution in [0.4, 0.5) is 17.1 Å². The average molecular weight is 361 g/mol. The topological polar surface area (TPSA) is 44.4 Å². The number of fused-ring (bicyclic) bond motifs is 1. The number of rotatable bonds is 3.